The van der Waals surface area contributed by atoms with Gasteiger partial charge in [-0.25, -0.2) is 0 Å². The second kappa shape index (κ2) is 5.00. The molecular weight excluding hydrogens is 166 g/mol. The molecule has 0 bridgehead atoms. The van der Waals surface area contributed by atoms with Crippen molar-refractivity contribution in [3.05, 3.63) is 0 Å². The van der Waals surface area contributed by atoms with Crippen molar-refractivity contribution in [2.45, 2.75) is 45.4 Å². The Morgan fingerprint density at radius 1 is 1.15 bits per heavy atom. The van der Waals surface area contributed by atoms with Crippen LogP contribution in [0.15, 0.2) is 0 Å². The van der Waals surface area contributed by atoms with E-state index in [0.29, 0.717) is 13.0 Å². The molecule has 3 heteroatoms. The van der Waals surface area contributed by atoms with Gasteiger partial charge in [-0.2, -0.15) is 0 Å². The largest absolute Gasteiger partial charge is 0.283 e. The highest BCUT2D eigenvalue weighted by Gasteiger charge is 2.17. The molecule has 0 aromatic heterocycles. The van der Waals surface area contributed by atoms with Gasteiger partial charge in [0.05, 0.1) is 0 Å². The molecule has 3 nitrogen and oxygen atoms in total. The maximum atomic E-state index is 11.5. The molecule has 1 rings (SSSR count). The normalized spacial score (nSPS) is 20.4. The second-order valence-corrected chi connectivity index (χ2v) is 3.58. The standard InChI is InChI=1S/C10H17NO2/c1-9(12)11-8-6-4-2-3-5-7-10(11)13/h2-8H2,1H3. The van der Waals surface area contributed by atoms with Crippen LogP contribution in [0.1, 0.15) is 45.4 Å². The molecule has 0 aromatic rings. The molecule has 0 aromatic carbocycles. The Hall–Kier alpha value is -0.860. The Kier molecular flexibility index (Phi) is 3.93. The lowest BCUT2D eigenvalue weighted by Gasteiger charge is -2.17. The van der Waals surface area contributed by atoms with E-state index in [9.17, 15) is 9.59 Å². The molecule has 1 aliphatic heterocycles. The van der Waals surface area contributed by atoms with Crippen molar-refractivity contribution in [3.63, 3.8) is 0 Å². The van der Waals surface area contributed by atoms with Crippen LogP contribution in [-0.4, -0.2) is 23.3 Å². The van der Waals surface area contributed by atoms with Gasteiger partial charge in [0, 0.05) is 19.9 Å². The zero-order valence-electron chi connectivity index (χ0n) is 8.21. The molecule has 0 spiro atoms. The minimum Gasteiger partial charge on any atom is -0.283 e. The average molecular weight is 183 g/mol. The second-order valence-electron chi connectivity index (χ2n) is 3.58. The first-order chi connectivity index (χ1) is 6.22. The molecule has 0 radical (unpaired) electrons. The summed E-state index contributed by atoms with van der Waals surface area (Å²) in [4.78, 5) is 24.0. The van der Waals surface area contributed by atoms with Gasteiger partial charge in [-0.15, -0.1) is 0 Å². The molecule has 1 heterocycles. The van der Waals surface area contributed by atoms with Gasteiger partial charge in [0.25, 0.3) is 0 Å². The molecule has 1 fully saturated rings. The van der Waals surface area contributed by atoms with Crippen LogP contribution in [0, 0.1) is 0 Å². The van der Waals surface area contributed by atoms with Crippen molar-refractivity contribution in [2.24, 2.45) is 0 Å². The number of carbonyl (C=O) groups is 2. The van der Waals surface area contributed by atoms with Gasteiger partial charge in [-0.3, -0.25) is 14.5 Å². The van der Waals surface area contributed by atoms with Crippen molar-refractivity contribution in [1.82, 2.24) is 4.90 Å². The summed E-state index contributed by atoms with van der Waals surface area (Å²) < 4.78 is 0. The summed E-state index contributed by atoms with van der Waals surface area (Å²) in [5, 5.41) is 0. The number of imide groups is 1. The molecule has 0 unspecified atom stereocenters. The summed E-state index contributed by atoms with van der Waals surface area (Å²) in [6.45, 7) is 2.09. The summed E-state index contributed by atoms with van der Waals surface area (Å²) in [7, 11) is 0. The van der Waals surface area contributed by atoms with Crippen LogP contribution in [0.4, 0.5) is 0 Å². The lowest BCUT2D eigenvalue weighted by atomic mass is 10.1. The lowest BCUT2D eigenvalue weighted by molar-refractivity contribution is -0.143. The fourth-order valence-corrected chi connectivity index (χ4v) is 1.67. The Labute approximate surface area is 79.1 Å². The van der Waals surface area contributed by atoms with Crippen LogP contribution in [0.2, 0.25) is 0 Å². The molecule has 13 heavy (non-hydrogen) atoms. The zero-order chi connectivity index (χ0) is 9.68. The topological polar surface area (TPSA) is 37.4 Å². The van der Waals surface area contributed by atoms with Crippen molar-refractivity contribution in [2.75, 3.05) is 6.54 Å². The van der Waals surface area contributed by atoms with Crippen LogP contribution in [-0.2, 0) is 9.59 Å². The maximum Gasteiger partial charge on any atom is 0.229 e. The molecule has 74 valence electrons. The number of nitrogens with zero attached hydrogens (tertiary/aromatic N) is 1. The molecule has 0 N–H and O–H groups in total. The molecule has 1 aliphatic rings. The van der Waals surface area contributed by atoms with E-state index < -0.39 is 0 Å². The van der Waals surface area contributed by atoms with Gasteiger partial charge in [0.15, 0.2) is 0 Å². The maximum absolute atomic E-state index is 11.5. The molecule has 1 saturated heterocycles. The van der Waals surface area contributed by atoms with Gasteiger partial charge in [-0.05, 0) is 12.8 Å². The van der Waals surface area contributed by atoms with Gasteiger partial charge in [0.1, 0.15) is 0 Å². The monoisotopic (exact) mass is 183 g/mol. The smallest absolute Gasteiger partial charge is 0.229 e. The van der Waals surface area contributed by atoms with Gasteiger partial charge < -0.3 is 0 Å². The molecule has 2 amide bonds. The van der Waals surface area contributed by atoms with Crippen LogP contribution in [0.25, 0.3) is 0 Å². The van der Waals surface area contributed by atoms with Gasteiger partial charge in [-0.1, -0.05) is 19.3 Å². The third-order valence-electron chi connectivity index (χ3n) is 2.45. The SMILES string of the molecule is CC(=O)N1CCCCCCCC1=O. The van der Waals surface area contributed by atoms with Crippen molar-refractivity contribution < 1.29 is 9.59 Å². The quantitative estimate of drug-likeness (QED) is 0.573. The third-order valence-corrected chi connectivity index (χ3v) is 2.45. The minimum absolute atomic E-state index is 0.00870. The summed E-state index contributed by atoms with van der Waals surface area (Å²) in [5.41, 5.74) is 0. The number of amides is 2. The van der Waals surface area contributed by atoms with E-state index in [-0.39, 0.29) is 11.8 Å². The highest BCUT2D eigenvalue weighted by atomic mass is 16.2. The van der Waals surface area contributed by atoms with Crippen molar-refractivity contribution >= 4 is 11.8 Å². The number of hydrogen-bond acceptors (Lipinski definition) is 2. The van der Waals surface area contributed by atoms with Crippen molar-refractivity contribution in [1.29, 1.82) is 0 Å². The summed E-state index contributed by atoms with van der Waals surface area (Å²) in [6.07, 6.45) is 5.89. The van der Waals surface area contributed by atoms with Crippen molar-refractivity contribution in [3.8, 4) is 0 Å². The predicted octanol–water partition coefficient (Wildman–Crippen LogP) is 1.72. The number of hydrogen-bond donors (Lipinski definition) is 0. The molecule has 0 saturated carbocycles. The zero-order valence-corrected chi connectivity index (χ0v) is 8.21. The summed E-state index contributed by atoms with van der Waals surface area (Å²) >= 11 is 0. The minimum atomic E-state index is -0.105. The molecular formula is C10H17NO2. The highest BCUT2D eigenvalue weighted by molar-refractivity contribution is 5.94. The molecule has 0 aliphatic carbocycles. The van der Waals surface area contributed by atoms with E-state index in [4.69, 9.17) is 0 Å². The highest BCUT2D eigenvalue weighted by Crippen LogP contribution is 2.11. The third kappa shape index (κ3) is 3.17. The molecule has 0 atom stereocenters. The lowest BCUT2D eigenvalue weighted by Crippen LogP contribution is -2.35. The fourth-order valence-electron chi connectivity index (χ4n) is 1.67. The van der Waals surface area contributed by atoms with E-state index in [1.807, 2.05) is 0 Å². The van der Waals surface area contributed by atoms with Crippen LogP contribution in [0.5, 0.6) is 0 Å². The fraction of sp³-hybridized carbons (Fsp3) is 0.800. The Bertz CT molecular complexity index is 201. The number of carbonyl (C=O) groups excluding carboxylic acids is 2. The first-order valence-corrected chi connectivity index (χ1v) is 5.03. The van der Waals surface area contributed by atoms with E-state index in [0.717, 1.165) is 25.7 Å². The Morgan fingerprint density at radius 2 is 1.77 bits per heavy atom. The summed E-state index contributed by atoms with van der Waals surface area (Å²) in [5.74, 6) is -0.0960. The first-order valence-electron chi connectivity index (χ1n) is 5.03. The summed E-state index contributed by atoms with van der Waals surface area (Å²) in [6, 6.07) is 0. The van der Waals surface area contributed by atoms with E-state index >= 15 is 0 Å². The van der Waals surface area contributed by atoms with Crippen LogP contribution in [0.3, 0.4) is 0 Å². The average Bonchev–Trinajstić information content (AvgIpc) is 2.16. The van der Waals surface area contributed by atoms with Crippen LogP contribution >= 0.6 is 0 Å². The Morgan fingerprint density at radius 3 is 2.46 bits per heavy atom. The van der Waals surface area contributed by atoms with E-state index in [1.165, 1.54) is 18.2 Å². The van der Waals surface area contributed by atoms with Gasteiger partial charge in [0.2, 0.25) is 11.8 Å². The van der Waals surface area contributed by atoms with Crippen LogP contribution < -0.4 is 0 Å². The number of rotatable bonds is 0. The van der Waals surface area contributed by atoms with E-state index in [1.54, 1.807) is 0 Å². The first kappa shape index (κ1) is 10.2. The van der Waals surface area contributed by atoms with Gasteiger partial charge >= 0.3 is 0 Å². The Balaban J connectivity index is 2.55. The predicted molar refractivity (Wildman–Crippen MR) is 50.1 cm³/mol. The van der Waals surface area contributed by atoms with E-state index in [2.05, 4.69) is 0 Å².